The second-order valence-electron chi connectivity index (χ2n) is 5.44. The van der Waals surface area contributed by atoms with E-state index in [1.807, 2.05) is 19.9 Å². The standard InChI is InChI=1S/C15H17F3N4O2/c1-9-4-5-11(8-10(9)2)12(23)19-6-7-22-14(24)21(3)13(20-22)15(16,17)18/h4-5,8H,6-7H2,1-3H3,(H,19,23). The molecule has 1 N–H and O–H groups in total. The van der Waals surface area contributed by atoms with Crippen molar-refractivity contribution in [2.75, 3.05) is 6.54 Å². The molecule has 1 amide bonds. The molecule has 0 aliphatic heterocycles. The average molecular weight is 342 g/mol. The van der Waals surface area contributed by atoms with Crippen molar-refractivity contribution in [2.45, 2.75) is 26.6 Å². The lowest BCUT2D eigenvalue weighted by Crippen LogP contribution is -2.31. The highest BCUT2D eigenvalue weighted by Crippen LogP contribution is 2.25. The Morgan fingerprint density at radius 3 is 2.46 bits per heavy atom. The molecule has 1 aromatic carbocycles. The maximum absolute atomic E-state index is 12.7. The van der Waals surface area contributed by atoms with Gasteiger partial charge in [-0.05, 0) is 37.1 Å². The van der Waals surface area contributed by atoms with Gasteiger partial charge >= 0.3 is 11.9 Å². The highest BCUT2D eigenvalue weighted by Gasteiger charge is 2.37. The summed E-state index contributed by atoms with van der Waals surface area (Å²) in [6, 6.07) is 5.19. The maximum Gasteiger partial charge on any atom is 0.451 e. The summed E-state index contributed by atoms with van der Waals surface area (Å²) in [5, 5.41) is 5.83. The first kappa shape index (κ1) is 17.8. The van der Waals surface area contributed by atoms with Crippen molar-refractivity contribution in [1.29, 1.82) is 0 Å². The lowest BCUT2D eigenvalue weighted by molar-refractivity contribution is -0.147. The van der Waals surface area contributed by atoms with Crippen LogP contribution in [0.3, 0.4) is 0 Å². The fourth-order valence-corrected chi connectivity index (χ4v) is 2.14. The van der Waals surface area contributed by atoms with E-state index < -0.39 is 17.7 Å². The first-order valence-electron chi connectivity index (χ1n) is 7.17. The third kappa shape index (κ3) is 3.66. The molecule has 0 unspecified atom stereocenters. The third-order valence-corrected chi connectivity index (χ3v) is 3.67. The molecule has 0 aliphatic carbocycles. The predicted molar refractivity (Wildman–Crippen MR) is 80.7 cm³/mol. The lowest BCUT2D eigenvalue weighted by Gasteiger charge is -2.07. The Balaban J connectivity index is 2.03. The van der Waals surface area contributed by atoms with Crippen molar-refractivity contribution in [3.8, 4) is 0 Å². The molecule has 130 valence electrons. The molecule has 24 heavy (non-hydrogen) atoms. The molecule has 2 rings (SSSR count). The Labute approximate surface area is 135 Å². The summed E-state index contributed by atoms with van der Waals surface area (Å²) in [5.74, 6) is -1.63. The van der Waals surface area contributed by atoms with Gasteiger partial charge in [-0.25, -0.2) is 9.48 Å². The van der Waals surface area contributed by atoms with E-state index >= 15 is 0 Å². The number of rotatable bonds is 4. The first-order valence-corrected chi connectivity index (χ1v) is 7.17. The third-order valence-electron chi connectivity index (χ3n) is 3.67. The molecule has 1 heterocycles. The summed E-state index contributed by atoms with van der Waals surface area (Å²) in [6.45, 7) is 3.63. The first-order chi connectivity index (χ1) is 11.1. The van der Waals surface area contributed by atoms with E-state index in [9.17, 15) is 22.8 Å². The van der Waals surface area contributed by atoms with Crippen LogP contribution in [-0.2, 0) is 19.8 Å². The largest absolute Gasteiger partial charge is 0.451 e. The van der Waals surface area contributed by atoms with Crippen LogP contribution < -0.4 is 11.0 Å². The second kappa shape index (κ2) is 6.50. The van der Waals surface area contributed by atoms with Crippen LogP contribution in [0.2, 0.25) is 0 Å². The zero-order valence-electron chi connectivity index (χ0n) is 13.4. The quantitative estimate of drug-likeness (QED) is 0.919. The van der Waals surface area contributed by atoms with Crippen LogP contribution in [0.4, 0.5) is 13.2 Å². The van der Waals surface area contributed by atoms with E-state index in [4.69, 9.17) is 0 Å². The van der Waals surface area contributed by atoms with Gasteiger partial charge in [0.15, 0.2) is 0 Å². The highest BCUT2D eigenvalue weighted by molar-refractivity contribution is 5.94. The number of nitrogens with zero attached hydrogens (tertiary/aromatic N) is 3. The van der Waals surface area contributed by atoms with E-state index in [1.54, 1.807) is 12.1 Å². The van der Waals surface area contributed by atoms with Gasteiger partial charge in [0.05, 0.1) is 6.54 Å². The molecule has 0 aliphatic rings. The van der Waals surface area contributed by atoms with Gasteiger partial charge in [0.25, 0.3) is 5.91 Å². The Bertz CT molecular complexity index is 821. The van der Waals surface area contributed by atoms with Crippen LogP contribution in [0, 0.1) is 13.8 Å². The van der Waals surface area contributed by atoms with Gasteiger partial charge in [-0.3, -0.25) is 9.36 Å². The Hall–Kier alpha value is -2.58. The average Bonchev–Trinajstić information content (AvgIpc) is 2.78. The summed E-state index contributed by atoms with van der Waals surface area (Å²) in [5.41, 5.74) is 1.56. The van der Waals surface area contributed by atoms with Crippen molar-refractivity contribution < 1.29 is 18.0 Å². The van der Waals surface area contributed by atoms with Gasteiger partial charge in [-0.1, -0.05) is 6.07 Å². The van der Waals surface area contributed by atoms with Crippen molar-refractivity contribution >= 4 is 5.91 Å². The molecule has 0 atom stereocenters. The van der Waals surface area contributed by atoms with Crippen LogP contribution in [0.15, 0.2) is 23.0 Å². The Morgan fingerprint density at radius 2 is 1.92 bits per heavy atom. The van der Waals surface area contributed by atoms with Gasteiger partial charge in [0.2, 0.25) is 5.82 Å². The van der Waals surface area contributed by atoms with Gasteiger partial charge in [0, 0.05) is 19.2 Å². The monoisotopic (exact) mass is 342 g/mol. The fraction of sp³-hybridized carbons (Fsp3) is 0.400. The molecule has 0 saturated carbocycles. The number of nitrogens with one attached hydrogen (secondary N) is 1. The number of alkyl halides is 3. The van der Waals surface area contributed by atoms with Crippen LogP contribution in [0.5, 0.6) is 0 Å². The smallest absolute Gasteiger partial charge is 0.350 e. The minimum absolute atomic E-state index is 0.0139. The number of amides is 1. The van der Waals surface area contributed by atoms with Gasteiger partial charge < -0.3 is 5.32 Å². The van der Waals surface area contributed by atoms with Gasteiger partial charge in [-0.15, -0.1) is 5.10 Å². The van der Waals surface area contributed by atoms with E-state index in [-0.39, 0.29) is 19.0 Å². The van der Waals surface area contributed by atoms with Crippen LogP contribution >= 0.6 is 0 Å². The highest BCUT2D eigenvalue weighted by atomic mass is 19.4. The van der Waals surface area contributed by atoms with Gasteiger partial charge in [-0.2, -0.15) is 13.2 Å². The zero-order valence-corrected chi connectivity index (χ0v) is 13.4. The zero-order chi connectivity index (χ0) is 18.1. The molecule has 0 fully saturated rings. The van der Waals surface area contributed by atoms with Crippen molar-refractivity contribution in [2.24, 2.45) is 7.05 Å². The summed E-state index contributed by atoms with van der Waals surface area (Å²) in [4.78, 5) is 23.7. The number of aromatic nitrogens is 3. The minimum atomic E-state index is -4.71. The SMILES string of the molecule is Cc1ccc(C(=O)NCCn2nc(C(F)(F)F)n(C)c2=O)cc1C. The summed E-state index contributed by atoms with van der Waals surface area (Å²) < 4.78 is 39.2. The normalized spacial score (nSPS) is 11.6. The number of carbonyl (C=O) groups is 1. The molecule has 0 spiro atoms. The second-order valence-corrected chi connectivity index (χ2v) is 5.44. The van der Waals surface area contributed by atoms with E-state index in [1.165, 1.54) is 0 Å². The van der Waals surface area contributed by atoms with Crippen molar-refractivity contribution in [3.63, 3.8) is 0 Å². The Morgan fingerprint density at radius 1 is 1.25 bits per heavy atom. The predicted octanol–water partition coefficient (Wildman–Crippen LogP) is 1.65. The molecule has 6 nitrogen and oxygen atoms in total. The number of hydrogen-bond acceptors (Lipinski definition) is 3. The Kier molecular flexibility index (Phi) is 4.81. The molecule has 0 radical (unpaired) electrons. The van der Waals surface area contributed by atoms with Crippen LogP contribution in [-0.4, -0.2) is 26.8 Å². The number of carbonyl (C=O) groups excluding carboxylic acids is 1. The summed E-state index contributed by atoms with van der Waals surface area (Å²) >= 11 is 0. The number of benzene rings is 1. The van der Waals surface area contributed by atoms with Crippen molar-refractivity contribution in [3.05, 3.63) is 51.2 Å². The lowest BCUT2D eigenvalue weighted by atomic mass is 10.1. The van der Waals surface area contributed by atoms with Crippen LogP contribution in [0.1, 0.15) is 27.3 Å². The maximum atomic E-state index is 12.7. The number of halogens is 3. The van der Waals surface area contributed by atoms with E-state index in [0.717, 1.165) is 18.2 Å². The van der Waals surface area contributed by atoms with E-state index in [0.29, 0.717) is 14.8 Å². The minimum Gasteiger partial charge on any atom is -0.350 e. The number of hydrogen-bond donors (Lipinski definition) is 1. The summed E-state index contributed by atoms with van der Waals surface area (Å²) in [6.07, 6.45) is -4.71. The molecule has 2 aromatic rings. The van der Waals surface area contributed by atoms with E-state index in [2.05, 4.69) is 10.4 Å². The molecule has 0 bridgehead atoms. The molecule has 0 saturated heterocycles. The molecular formula is C15H17F3N4O2. The molecule has 1 aromatic heterocycles. The fourth-order valence-electron chi connectivity index (χ4n) is 2.14. The van der Waals surface area contributed by atoms with Gasteiger partial charge in [0.1, 0.15) is 0 Å². The molecule has 9 heteroatoms. The summed E-state index contributed by atoms with van der Waals surface area (Å²) in [7, 11) is 1.00. The van der Waals surface area contributed by atoms with Crippen molar-refractivity contribution in [1.82, 2.24) is 19.7 Å². The molecular weight excluding hydrogens is 325 g/mol. The van der Waals surface area contributed by atoms with Crippen LogP contribution in [0.25, 0.3) is 0 Å². The number of aryl methyl sites for hydroxylation is 2. The topological polar surface area (TPSA) is 68.9 Å².